The van der Waals surface area contributed by atoms with Crippen LogP contribution in [0.2, 0.25) is 0 Å². The quantitative estimate of drug-likeness (QED) is 0.877. The van der Waals surface area contributed by atoms with Gasteiger partial charge in [0.05, 0.1) is 17.7 Å². The third-order valence-corrected chi connectivity index (χ3v) is 4.69. The summed E-state index contributed by atoms with van der Waals surface area (Å²) in [6.07, 6.45) is 0. The summed E-state index contributed by atoms with van der Waals surface area (Å²) in [7, 11) is -0.768. The van der Waals surface area contributed by atoms with Crippen molar-refractivity contribution in [3.05, 3.63) is 53.6 Å². The number of methoxy groups -OCH3 is 1. The number of sulfonamides is 1. The lowest BCUT2D eigenvalue weighted by atomic mass is 10.1. The molecule has 1 amide bonds. The van der Waals surface area contributed by atoms with Crippen LogP contribution in [0.1, 0.15) is 15.9 Å². The standard InChI is InChI=1S/C16H18N2O4S/c1-11-7-8-15(22-3)14(9-11)18-16(19)12-5-4-6-13(10-12)23(20,21)17-2/h4-10,17H,1-3H3,(H,18,19). The molecule has 0 fully saturated rings. The number of hydrogen-bond acceptors (Lipinski definition) is 4. The van der Waals surface area contributed by atoms with Gasteiger partial charge >= 0.3 is 0 Å². The van der Waals surface area contributed by atoms with E-state index in [4.69, 9.17) is 4.74 Å². The van der Waals surface area contributed by atoms with Crippen molar-refractivity contribution < 1.29 is 17.9 Å². The van der Waals surface area contributed by atoms with Gasteiger partial charge in [0.15, 0.2) is 0 Å². The van der Waals surface area contributed by atoms with Gasteiger partial charge in [-0.25, -0.2) is 13.1 Å². The molecule has 0 aliphatic heterocycles. The number of amides is 1. The molecule has 0 spiro atoms. The molecule has 2 rings (SSSR count). The minimum absolute atomic E-state index is 0.0313. The van der Waals surface area contributed by atoms with E-state index in [0.717, 1.165) is 5.56 Å². The van der Waals surface area contributed by atoms with Gasteiger partial charge in [0, 0.05) is 5.56 Å². The minimum Gasteiger partial charge on any atom is -0.495 e. The van der Waals surface area contributed by atoms with Crippen molar-refractivity contribution in [3.8, 4) is 5.75 Å². The van der Waals surface area contributed by atoms with Crippen molar-refractivity contribution in [2.24, 2.45) is 0 Å². The second kappa shape index (κ2) is 6.80. The van der Waals surface area contributed by atoms with Crippen molar-refractivity contribution in [2.45, 2.75) is 11.8 Å². The Bertz CT molecular complexity index is 832. The zero-order valence-corrected chi connectivity index (χ0v) is 13.9. The molecule has 2 N–H and O–H groups in total. The van der Waals surface area contributed by atoms with Crippen LogP contribution in [0.5, 0.6) is 5.75 Å². The highest BCUT2D eigenvalue weighted by atomic mass is 32.2. The number of benzene rings is 2. The molecule has 0 bridgehead atoms. The number of ether oxygens (including phenoxy) is 1. The van der Waals surface area contributed by atoms with Crippen molar-refractivity contribution >= 4 is 21.6 Å². The van der Waals surface area contributed by atoms with Gasteiger partial charge in [0.25, 0.3) is 5.91 Å². The normalized spacial score (nSPS) is 11.1. The molecular formula is C16H18N2O4S. The van der Waals surface area contributed by atoms with Crippen molar-refractivity contribution in [1.29, 1.82) is 0 Å². The molecule has 0 radical (unpaired) electrons. The Morgan fingerprint density at radius 2 is 1.87 bits per heavy atom. The van der Waals surface area contributed by atoms with Crippen LogP contribution < -0.4 is 14.8 Å². The van der Waals surface area contributed by atoms with Crippen molar-refractivity contribution in [3.63, 3.8) is 0 Å². The van der Waals surface area contributed by atoms with Crippen LogP contribution in [0.3, 0.4) is 0 Å². The number of carbonyl (C=O) groups excluding carboxylic acids is 1. The van der Waals surface area contributed by atoms with E-state index >= 15 is 0 Å². The maximum absolute atomic E-state index is 12.4. The van der Waals surface area contributed by atoms with Crippen molar-refractivity contribution in [2.75, 3.05) is 19.5 Å². The highest BCUT2D eigenvalue weighted by Crippen LogP contribution is 2.26. The zero-order chi connectivity index (χ0) is 17.0. The minimum atomic E-state index is -3.60. The smallest absolute Gasteiger partial charge is 0.255 e. The van der Waals surface area contributed by atoms with Crippen molar-refractivity contribution in [1.82, 2.24) is 4.72 Å². The van der Waals surface area contributed by atoms with E-state index in [9.17, 15) is 13.2 Å². The molecule has 0 unspecified atom stereocenters. The number of rotatable bonds is 5. The zero-order valence-electron chi connectivity index (χ0n) is 13.1. The lowest BCUT2D eigenvalue weighted by Gasteiger charge is -2.11. The van der Waals surface area contributed by atoms with E-state index in [0.29, 0.717) is 11.4 Å². The van der Waals surface area contributed by atoms with E-state index in [1.807, 2.05) is 13.0 Å². The number of nitrogens with one attached hydrogen (secondary N) is 2. The van der Waals surface area contributed by atoms with Gasteiger partial charge in [-0.3, -0.25) is 4.79 Å². The fourth-order valence-corrected chi connectivity index (χ4v) is 2.81. The maximum atomic E-state index is 12.4. The Morgan fingerprint density at radius 3 is 2.52 bits per heavy atom. The number of aryl methyl sites for hydroxylation is 1. The van der Waals surface area contributed by atoms with Gasteiger partial charge in [-0.05, 0) is 49.9 Å². The topological polar surface area (TPSA) is 84.5 Å². The molecule has 0 atom stereocenters. The fraction of sp³-hybridized carbons (Fsp3) is 0.188. The molecule has 122 valence electrons. The summed E-state index contributed by atoms with van der Waals surface area (Å²) in [5.41, 5.74) is 1.73. The molecule has 7 heteroatoms. The van der Waals surface area contributed by atoms with Gasteiger partial charge in [-0.15, -0.1) is 0 Å². The van der Waals surface area contributed by atoms with Crippen LogP contribution in [-0.4, -0.2) is 28.5 Å². The van der Waals surface area contributed by atoms with E-state index < -0.39 is 15.9 Å². The maximum Gasteiger partial charge on any atom is 0.255 e. The summed E-state index contributed by atoms with van der Waals surface area (Å²) in [6.45, 7) is 1.90. The number of hydrogen-bond donors (Lipinski definition) is 2. The first-order valence-corrected chi connectivity index (χ1v) is 8.35. The first-order valence-electron chi connectivity index (χ1n) is 6.87. The van der Waals surface area contributed by atoms with Gasteiger partial charge in [-0.2, -0.15) is 0 Å². The lowest BCUT2D eigenvalue weighted by molar-refractivity contribution is 0.102. The summed E-state index contributed by atoms with van der Waals surface area (Å²) < 4.78 is 31.1. The molecule has 0 saturated carbocycles. The van der Waals surface area contributed by atoms with Crippen LogP contribution in [0, 0.1) is 6.92 Å². The average Bonchev–Trinajstić information content (AvgIpc) is 2.55. The molecule has 0 aromatic heterocycles. The third-order valence-electron chi connectivity index (χ3n) is 3.28. The second-order valence-electron chi connectivity index (χ2n) is 4.89. The van der Waals surface area contributed by atoms with Gasteiger partial charge in [0.1, 0.15) is 5.75 Å². The predicted octanol–water partition coefficient (Wildman–Crippen LogP) is 2.16. The molecule has 0 aliphatic rings. The van der Waals surface area contributed by atoms with E-state index in [1.54, 1.807) is 18.2 Å². The second-order valence-corrected chi connectivity index (χ2v) is 6.78. The Hall–Kier alpha value is -2.38. The predicted molar refractivity (Wildman–Crippen MR) is 88.4 cm³/mol. The Kier molecular flexibility index (Phi) is 5.02. The molecule has 0 aliphatic carbocycles. The lowest BCUT2D eigenvalue weighted by Crippen LogP contribution is -2.19. The fourth-order valence-electron chi connectivity index (χ4n) is 2.04. The average molecular weight is 334 g/mol. The van der Waals surface area contributed by atoms with E-state index in [2.05, 4.69) is 10.0 Å². The summed E-state index contributed by atoms with van der Waals surface area (Å²) in [6, 6.07) is 11.2. The largest absolute Gasteiger partial charge is 0.495 e. The molecule has 23 heavy (non-hydrogen) atoms. The molecule has 0 saturated heterocycles. The number of anilines is 1. The summed E-state index contributed by atoms with van der Waals surface area (Å²) in [5.74, 6) is 0.116. The highest BCUT2D eigenvalue weighted by Gasteiger charge is 2.15. The number of carbonyl (C=O) groups is 1. The molecule has 0 heterocycles. The van der Waals surface area contributed by atoms with Crippen LogP contribution >= 0.6 is 0 Å². The summed E-state index contributed by atoms with van der Waals surface area (Å²) >= 11 is 0. The molecule has 2 aromatic carbocycles. The van der Waals surface area contributed by atoms with E-state index in [1.165, 1.54) is 32.4 Å². The summed E-state index contributed by atoms with van der Waals surface area (Å²) in [5, 5.41) is 2.74. The highest BCUT2D eigenvalue weighted by molar-refractivity contribution is 7.89. The van der Waals surface area contributed by atoms with Crippen LogP contribution in [-0.2, 0) is 10.0 Å². The Labute approximate surface area is 135 Å². The van der Waals surface area contributed by atoms with Gasteiger partial charge in [0.2, 0.25) is 10.0 Å². The SMILES string of the molecule is CNS(=O)(=O)c1cccc(C(=O)Nc2cc(C)ccc2OC)c1. The third kappa shape index (κ3) is 3.88. The summed E-state index contributed by atoms with van der Waals surface area (Å²) in [4.78, 5) is 12.4. The molecular weight excluding hydrogens is 316 g/mol. The van der Waals surface area contributed by atoms with Gasteiger partial charge in [-0.1, -0.05) is 12.1 Å². The molecule has 6 nitrogen and oxygen atoms in total. The molecule has 2 aromatic rings. The van der Waals surface area contributed by atoms with Crippen LogP contribution in [0.4, 0.5) is 5.69 Å². The Morgan fingerprint density at radius 1 is 1.13 bits per heavy atom. The Balaban J connectivity index is 2.32. The van der Waals surface area contributed by atoms with Crippen LogP contribution in [0.15, 0.2) is 47.4 Å². The van der Waals surface area contributed by atoms with E-state index in [-0.39, 0.29) is 10.5 Å². The first-order chi connectivity index (χ1) is 10.9. The monoisotopic (exact) mass is 334 g/mol. The first kappa shape index (κ1) is 17.0. The van der Waals surface area contributed by atoms with Gasteiger partial charge < -0.3 is 10.1 Å². The van der Waals surface area contributed by atoms with Crippen LogP contribution in [0.25, 0.3) is 0 Å².